The zero-order valence-corrected chi connectivity index (χ0v) is 20.0. The number of hydrogen-bond donors (Lipinski definition) is 1. The van der Waals surface area contributed by atoms with E-state index in [1.807, 2.05) is 20.8 Å². The molecule has 1 atom stereocenters. The van der Waals surface area contributed by atoms with Crippen molar-refractivity contribution in [1.82, 2.24) is 9.80 Å². The van der Waals surface area contributed by atoms with Crippen LogP contribution >= 0.6 is 0 Å². The van der Waals surface area contributed by atoms with E-state index in [0.29, 0.717) is 36.8 Å². The topological polar surface area (TPSA) is 79.3 Å². The van der Waals surface area contributed by atoms with Crippen LogP contribution in [0.4, 0.5) is 4.39 Å². The highest BCUT2D eigenvalue weighted by molar-refractivity contribution is 6.46. The summed E-state index contributed by atoms with van der Waals surface area (Å²) in [6, 6.07) is 9.51. The molecule has 1 N–H and O–H groups in total. The van der Waals surface area contributed by atoms with Gasteiger partial charge in [-0.05, 0) is 62.0 Å². The number of carbonyl (C=O) groups excluding carboxylic acids is 2. The van der Waals surface area contributed by atoms with E-state index in [9.17, 15) is 19.1 Å². The Bertz CT molecular complexity index is 1060. The van der Waals surface area contributed by atoms with E-state index in [-0.39, 0.29) is 16.9 Å². The van der Waals surface area contributed by atoms with E-state index in [1.54, 1.807) is 18.2 Å². The van der Waals surface area contributed by atoms with E-state index < -0.39 is 23.5 Å². The van der Waals surface area contributed by atoms with Gasteiger partial charge in [-0.25, -0.2) is 4.39 Å². The number of Topliss-reactive ketones (excluding diaryl/α,β-unsaturated/α-hetero) is 1. The first-order valence-corrected chi connectivity index (χ1v) is 11.4. The molecule has 1 fully saturated rings. The molecule has 3 rings (SSSR count). The summed E-state index contributed by atoms with van der Waals surface area (Å²) in [5, 5.41) is 11.1. The Morgan fingerprint density at radius 2 is 1.74 bits per heavy atom. The van der Waals surface area contributed by atoms with Crippen LogP contribution in [0.3, 0.4) is 0 Å². The molecule has 0 unspecified atom stereocenters. The second kappa shape index (κ2) is 11.2. The molecule has 182 valence electrons. The zero-order valence-electron chi connectivity index (χ0n) is 20.0. The van der Waals surface area contributed by atoms with E-state index in [2.05, 4.69) is 4.90 Å². The van der Waals surface area contributed by atoms with E-state index >= 15 is 0 Å². The number of nitrogens with zero attached hydrogens (tertiary/aromatic N) is 2. The molecule has 34 heavy (non-hydrogen) atoms. The van der Waals surface area contributed by atoms with Crippen molar-refractivity contribution in [2.45, 2.75) is 26.8 Å². The first kappa shape index (κ1) is 25.2. The molecule has 8 heteroatoms. The summed E-state index contributed by atoms with van der Waals surface area (Å²) in [6.45, 7) is 8.84. The maximum absolute atomic E-state index is 13.4. The van der Waals surface area contributed by atoms with Crippen LogP contribution in [-0.4, -0.2) is 66.5 Å². The lowest BCUT2D eigenvalue weighted by atomic mass is 9.95. The van der Waals surface area contributed by atoms with Gasteiger partial charge < -0.3 is 24.4 Å². The molecule has 1 saturated heterocycles. The van der Waals surface area contributed by atoms with Crippen LogP contribution in [0, 0.1) is 5.82 Å². The van der Waals surface area contributed by atoms with Crippen molar-refractivity contribution in [1.29, 1.82) is 0 Å². The number of aliphatic hydroxyl groups excluding tert-OH is 1. The summed E-state index contributed by atoms with van der Waals surface area (Å²) < 4.78 is 24.5. The van der Waals surface area contributed by atoms with Gasteiger partial charge in [-0.15, -0.1) is 0 Å². The second-order valence-electron chi connectivity index (χ2n) is 7.87. The fraction of sp³-hybridized carbons (Fsp3) is 0.385. The fourth-order valence-electron chi connectivity index (χ4n) is 4.14. The highest BCUT2D eigenvalue weighted by Gasteiger charge is 2.46. The van der Waals surface area contributed by atoms with Gasteiger partial charge in [-0.1, -0.05) is 19.9 Å². The van der Waals surface area contributed by atoms with E-state index in [0.717, 1.165) is 13.1 Å². The minimum absolute atomic E-state index is 0.0395. The summed E-state index contributed by atoms with van der Waals surface area (Å²) in [5.74, 6) is -1.29. The van der Waals surface area contributed by atoms with Crippen LogP contribution in [-0.2, 0) is 9.59 Å². The minimum atomic E-state index is -0.829. The van der Waals surface area contributed by atoms with Gasteiger partial charge in [0.05, 0.1) is 25.3 Å². The van der Waals surface area contributed by atoms with Crippen LogP contribution in [0.2, 0.25) is 0 Å². The van der Waals surface area contributed by atoms with Gasteiger partial charge in [0.25, 0.3) is 11.7 Å². The van der Waals surface area contributed by atoms with Gasteiger partial charge in [-0.2, -0.15) is 0 Å². The molecule has 0 aliphatic carbocycles. The zero-order chi connectivity index (χ0) is 24.8. The average molecular weight is 471 g/mol. The molecule has 0 bridgehead atoms. The van der Waals surface area contributed by atoms with Crippen LogP contribution < -0.4 is 9.47 Å². The van der Waals surface area contributed by atoms with Gasteiger partial charge in [0, 0.05) is 18.7 Å². The molecule has 2 aromatic rings. The number of amides is 1. The smallest absolute Gasteiger partial charge is 0.295 e. The summed E-state index contributed by atoms with van der Waals surface area (Å²) in [7, 11) is 1.51. The standard InChI is InChI=1S/C26H31FN2O5/c1-5-28(6-2)14-15-29-23(18-10-13-20(34-7-3)21(16-18)33-4)22(25(31)26(29)32)24(30)17-8-11-19(27)12-9-17/h8-13,16,23,30H,5-7,14-15H2,1-4H3/b24-22+/t23-/m0/s1. The van der Waals surface area contributed by atoms with Crippen molar-refractivity contribution in [2.24, 2.45) is 0 Å². The highest BCUT2D eigenvalue weighted by Crippen LogP contribution is 2.41. The molecule has 1 aliphatic heterocycles. The maximum Gasteiger partial charge on any atom is 0.295 e. The van der Waals surface area contributed by atoms with Crippen LogP contribution in [0.1, 0.15) is 37.9 Å². The molecule has 0 radical (unpaired) electrons. The fourth-order valence-corrected chi connectivity index (χ4v) is 4.14. The van der Waals surface area contributed by atoms with Crippen molar-refractivity contribution in [3.8, 4) is 11.5 Å². The minimum Gasteiger partial charge on any atom is -0.507 e. The van der Waals surface area contributed by atoms with Crippen LogP contribution in [0.15, 0.2) is 48.0 Å². The van der Waals surface area contributed by atoms with Crippen molar-refractivity contribution in [3.05, 3.63) is 65.0 Å². The summed E-state index contributed by atoms with van der Waals surface area (Å²) >= 11 is 0. The van der Waals surface area contributed by atoms with Gasteiger partial charge >= 0.3 is 0 Å². The molecule has 1 heterocycles. The number of hydrogen-bond acceptors (Lipinski definition) is 6. The van der Waals surface area contributed by atoms with Crippen LogP contribution in [0.5, 0.6) is 11.5 Å². The molecule has 1 aliphatic rings. The third-order valence-electron chi connectivity index (χ3n) is 6.01. The third kappa shape index (κ3) is 5.07. The number of benzene rings is 2. The monoisotopic (exact) mass is 470 g/mol. The Labute approximate surface area is 199 Å². The highest BCUT2D eigenvalue weighted by atomic mass is 19.1. The first-order valence-electron chi connectivity index (χ1n) is 11.4. The number of halogens is 1. The predicted octanol–water partition coefficient (Wildman–Crippen LogP) is 4.00. The van der Waals surface area contributed by atoms with Crippen molar-refractivity contribution in [3.63, 3.8) is 0 Å². The van der Waals surface area contributed by atoms with Crippen molar-refractivity contribution >= 4 is 17.4 Å². The lowest BCUT2D eigenvalue weighted by molar-refractivity contribution is -0.140. The molecule has 0 saturated carbocycles. The molecule has 2 aromatic carbocycles. The molecular weight excluding hydrogens is 439 g/mol. The summed E-state index contributed by atoms with van der Waals surface area (Å²) in [6.07, 6.45) is 0. The van der Waals surface area contributed by atoms with Gasteiger partial charge in [-0.3, -0.25) is 9.59 Å². The van der Waals surface area contributed by atoms with E-state index in [4.69, 9.17) is 9.47 Å². The normalized spacial score (nSPS) is 17.5. The Hall–Kier alpha value is -3.39. The molecular formula is C26H31FN2O5. The number of likely N-dealkylation sites (tertiary alicyclic amines) is 1. The second-order valence-corrected chi connectivity index (χ2v) is 7.87. The summed E-state index contributed by atoms with van der Waals surface area (Å²) in [5.41, 5.74) is 0.816. The number of ether oxygens (including phenoxy) is 2. The number of rotatable bonds is 10. The van der Waals surface area contributed by atoms with E-state index in [1.165, 1.54) is 36.3 Å². The SMILES string of the molecule is CCOc1ccc([C@H]2/C(=C(\O)c3ccc(F)cc3)C(=O)C(=O)N2CCN(CC)CC)cc1OC. The van der Waals surface area contributed by atoms with Crippen molar-refractivity contribution < 1.29 is 28.6 Å². The van der Waals surface area contributed by atoms with Gasteiger partial charge in [0.15, 0.2) is 11.5 Å². The van der Waals surface area contributed by atoms with Crippen LogP contribution in [0.25, 0.3) is 5.76 Å². The average Bonchev–Trinajstić information content (AvgIpc) is 3.10. The lowest BCUT2D eigenvalue weighted by Crippen LogP contribution is -2.38. The van der Waals surface area contributed by atoms with Gasteiger partial charge in [0.1, 0.15) is 11.6 Å². The molecule has 1 amide bonds. The Morgan fingerprint density at radius 3 is 2.32 bits per heavy atom. The first-order chi connectivity index (χ1) is 16.4. The number of aliphatic hydroxyl groups is 1. The quantitative estimate of drug-likeness (QED) is 0.321. The third-order valence-corrected chi connectivity index (χ3v) is 6.01. The molecule has 0 aromatic heterocycles. The number of carbonyl (C=O) groups is 2. The van der Waals surface area contributed by atoms with Crippen molar-refractivity contribution in [2.75, 3.05) is 39.9 Å². The number of likely N-dealkylation sites (N-methyl/N-ethyl adjacent to an activating group) is 1. The maximum atomic E-state index is 13.4. The lowest BCUT2D eigenvalue weighted by Gasteiger charge is -2.28. The largest absolute Gasteiger partial charge is 0.507 e. The van der Waals surface area contributed by atoms with Gasteiger partial charge in [0.2, 0.25) is 0 Å². The summed E-state index contributed by atoms with van der Waals surface area (Å²) in [4.78, 5) is 29.9. The predicted molar refractivity (Wildman–Crippen MR) is 127 cm³/mol. The number of methoxy groups -OCH3 is 1. The number of ketones is 1. The Balaban J connectivity index is 2.14. The molecule has 0 spiro atoms. The Morgan fingerprint density at radius 1 is 1.06 bits per heavy atom. The Kier molecular flexibility index (Phi) is 8.28. The molecule has 7 nitrogen and oxygen atoms in total.